The van der Waals surface area contributed by atoms with E-state index in [0.717, 1.165) is 12.7 Å². The maximum Gasteiger partial charge on any atom is 0.257 e. The zero-order valence-corrected chi connectivity index (χ0v) is 13.7. The van der Waals surface area contributed by atoms with Crippen molar-refractivity contribution >= 4 is 12.2 Å². The lowest BCUT2D eigenvalue weighted by Gasteiger charge is -2.12. The molecule has 2 rings (SSSR count). The summed E-state index contributed by atoms with van der Waals surface area (Å²) in [5.41, 5.74) is 1.67. The molecular formula is C19H21NO4. The molecule has 0 unspecified atom stereocenters. The van der Waals surface area contributed by atoms with E-state index in [1.807, 2.05) is 37.3 Å². The third-order valence-electron chi connectivity index (χ3n) is 3.34. The number of nitrogens with one attached hydrogen (secondary N) is 1. The Morgan fingerprint density at radius 2 is 1.88 bits per heavy atom. The predicted molar refractivity (Wildman–Crippen MR) is 91.6 cm³/mol. The first-order valence-corrected chi connectivity index (χ1v) is 7.88. The lowest BCUT2D eigenvalue weighted by Crippen LogP contribution is -2.30. The van der Waals surface area contributed by atoms with Crippen molar-refractivity contribution in [2.75, 3.05) is 19.8 Å². The van der Waals surface area contributed by atoms with E-state index in [1.54, 1.807) is 18.2 Å². The average Bonchev–Trinajstić information content (AvgIpc) is 2.61. The Balaban J connectivity index is 1.81. The molecule has 24 heavy (non-hydrogen) atoms. The molecule has 2 aromatic carbocycles. The van der Waals surface area contributed by atoms with Crippen LogP contribution in [0.4, 0.5) is 0 Å². The van der Waals surface area contributed by atoms with E-state index >= 15 is 0 Å². The van der Waals surface area contributed by atoms with Crippen molar-refractivity contribution in [2.45, 2.75) is 13.3 Å². The molecule has 0 bridgehead atoms. The standard InChI is InChI=1S/C19H21NO4/c1-2-23-18-12-16(13-21)8-9-17(18)24-14-19(22)20-11-10-15-6-4-3-5-7-15/h3-9,12-13H,2,10-11,14H2,1H3,(H,20,22). The van der Waals surface area contributed by atoms with Crippen molar-refractivity contribution in [1.82, 2.24) is 5.32 Å². The van der Waals surface area contributed by atoms with Crippen LogP contribution in [0.25, 0.3) is 0 Å². The Bertz CT molecular complexity index is 670. The van der Waals surface area contributed by atoms with Gasteiger partial charge in [0.15, 0.2) is 18.1 Å². The van der Waals surface area contributed by atoms with Crippen LogP contribution >= 0.6 is 0 Å². The van der Waals surface area contributed by atoms with Gasteiger partial charge in [-0.1, -0.05) is 30.3 Å². The summed E-state index contributed by atoms with van der Waals surface area (Å²) in [6, 6.07) is 14.8. The van der Waals surface area contributed by atoms with Crippen molar-refractivity contribution in [3.8, 4) is 11.5 Å². The quantitative estimate of drug-likeness (QED) is 0.719. The van der Waals surface area contributed by atoms with Gasteiger partial charge in [0.05, 0.1) is 6.61 Å². The van der Waals surface area contributed by atoms with Gasteiger partial charge < -0.3 is 14.8 Å². The maximum absolute atomic E-state index is 11.9. The van der Waals surface area contributed by atoms with Crippen molar-refractivity contribution in [1.29, 1.82) is 0 Å². The molecule has 0 saturated heterocycles. The van der Waals surface area contributed by atoms with E-state index in [2.05, 4.69) is 5.32 Å². The fraction of sp³-hybridized carbons (Fsp3) is 0.263. The van der Waals surface area contributed by atoms with E-state index < -0.39 is 0 Å². The van der Waals surface area contributed by atoms with Gasteiger partial charge in [0.25, 0.3) is 5.91 Å². The minimum Gasteiger partial charge on any atom is -0.490 e. The molecule has 0 spiro atoms. The second-order valence-corrected chi connectivity index (χ2v) is 5.13. The minimum atomic E-state index is -0.201. The highest BCUT2D eigenvalue weighted by Gasteiger charge is 2.09. The van der Waals surface area contributed by atoms with Gasteiger partial charge in [-0.2, -0.15) is 0 Å². The van der Waals surface area contributed by atoms with Gasteiger partial charge in [0.2, 0.25) is 0 Å². The third kappa shape index (κ3) is 5.43. The van der Waals surface area contributed by atoms with Crippen LogP contribution in [0.5, 0.6) is 11.5 Å². The molecule has 0 saturated carbocycles. The molecule has 0 fully saturated rings. The number of amides is 1. The summed E-state index contributed by atoms with van der Waals surface area (Å²) < 4.78 is 10.9. The molecule has 0 radical (unpaired) electrons. The van der Waals surface area contributed by atoms with Crippen LogP contribution in [0.2, 0.25) is 0 Å². The fourth-order valence-electron chi connectivity index (χ4n) is 2.17. The molecule has 0 aliphatic carbocycles. The number of aldehydes is 1. The summed E-state index contributed by atoms with van der Waals surface area (Å²) in [4.78, 5) is 22.7. The number of hydrogen-bond donors (Lipinski definition) is 1. The lowest BCUT2D eigenvalue weighted by atomic mass is 10.1. The molecule has 0 atom stereocenters. The Hall–Kier alpha value is -2.82. The summed E-state index contributed by atoms with van der Waals surface area (Å²) in [6.07, 6.45) is 1.51. The number of carbonyl (C=O) groups is 2. The summed E-state index contributed by atoms with van der Waals surface area (Å²) in [5.74, 6) is 0.702. The molecule has 126 valence electrons. The van der Waals surface area contributed by atoms with E-state index in [4.69, 9.17) is 9.47 Å². The van der Waals surface area contributed by atoms with Crippen LogP contribution in [-0.4, -0.2) is 32.0 Å². The van der Waals surface area contributed by atoms with Crippen molar-refractivity contribution in [2.24, 2.45) is 0 Å². The van der Waals surface area contributed by atoms with Crippen molar-refractivity contribution in [3.63, 3.8) is 0 Å². The van der Waals surface area contributed by atoms with Crippen LogP contribution in [0, 0.1) is 0 Å². The molecule has 0 aliphatic heterocycles. The molecule has 0 heterocycles. The van der Waals surface area contributed by atoms with Gasteiger partial charge in [-0.05, 0) is 37.1 Å². The SMILES string of the molecule is CCOc1cc(C=O)ccc1OCC(=O)NCCc1ccccc1. The van der Waals surface area contributed by atoms with Gasteiger partial charge in [-0.15, -0.1) is 0 Å². The van der Waals surface area contributed by atoms with Crippen molar-refractivity contribution < 1.29 is 19.1 Å². The number of carbonyl (C=O) groups excluding carboxylic acids is 2. The highest BCUT2D eigenvalue weighted by molar-refractivity contribution is 5.78. The van der Waals surface area contributed by atoms with Gasteiger partial charge in [-0.25, -0.2) is 0 Å². The first-order chi connectivity index (χ1) is 11.7. The molecule has 5 heteroatoms. The van der Waals surface area contributed by atoms with Crippen LogP contribution in [0.15, 0.2) is 48.5 Å². The highest BCUT2D eigenvalue weighted by atomic mass is 16.5. The van der Waals surface area contributed by atoms with Gasteiger partial charge in [0.1, 0.15) is 6.29 Å². The maximum atomic E-state index is 11.9. The Morgan fingerprint density at radius 3 is 2.58 bits per heavy atom. The molecule has 2 aromatic rings. The lowest BCUT2D eigenvalue weighted by molar-refractivity contribution is -0.123. The molecule has 0 aliphatic rings. The van der Waals surface area contributed by atoms with Crippen LogP contribution < -0.4 is 14.8 Å². The largest absolute Gasteiger partial charge is 0.490 e. The Labute approximate surface area is 141 Å². The second kappa shape index (κ2) is 9.35. The number of hydrogen-bond acceptors (Lipinski definition) is 4. The van der Waals surface area contributed by atoms with E-state index in [9.17, 15) is 9.59 Å². The van der Waals surface area contributed by atoms with E-state index in [0.29, 0.717) is 30.2 Å². The first-order valence-electron chi connectivity index (χ1n) is 7.88. The molecule has 5 nitrogen and oxygen atoms in total. The van der Waals surface area contributed by atoms with Crippen LogP contribution in [0.3, 0.4) is 0 Å². The second-order valence-electron chi connectivity index (χ2n) is 5.13. The summed E-state index contributed by atoms with van der Waals surface area (Å²) in [7, 11) is 0. The number of rotatable bonds is 9. The number of benzene rings is 2. The molecule has 1 amide bonds. The molecular weight excluding hydrogens is 306 g/mol. The van der Waals surface area contributed by atoms with Gasteiger partial charge in [-0.3, -0.25) is 9.59 Å². The Morgan fingerprint density at radius 1 is 1.08 bits per heavy atom. The zero-order valence-electron chi connectivity index (χ0n) is 13.7. The molecule has 1 N–H and O–H groups in total. The Kier molecular flexibility index (Phi) is 6.83. The summed E-state index contributed by atoms with van der Waals surface area (Å²) >= 11 is 0. The molecule has 0 aromatic heterocycles. The van der Waals surface area contributed by atoms with Crippen LogP contribution in [0.1, 0.15) is 22.8 Å². The average molecular weight is 327 g/mol. The van der Waals surface area contributed by atoms with E-state index in [-0.39, 0.29) is 12.5 Å². The van der Waals surface area contributed by atoms with Crippen LogP contribution in [-0.2, 0) is 11.2 Å². The zero-order chi connectivity index (χ0) is 17.2. The monoisotopic (exact) mass is 327 g/mol. The summed E-state index contributed by atoms with van der Waals surface area (Å²) in [5, 5.41) is 2.81. The topological polar surface area (TPSA) is 64.6 Å². The normalized spacial score (nSPS) is 10.0. The predicted octanol–water partition coefficient (Wildman–Crippen LogP) is 2.64. The van der Waals surface area contributed by atoms with Gasteiger partial charge in [0, 0.05) is 12.1 Å². The number of ether oxygens (including phenoxy) is 2. The van der Waals surface area contributed by atoms with E-state index in [1.165, 1.54) is 5.56 Å². The van der Waals surface area contributed by atoms with Gasteiger partial charge >= 0.3 is 0 Å². The fourth-order valence-corrected chi connectivity index (χ4v) is 2.17. The first kappa shape index (κ1) is 17.5. The van der Waals surface area contributed by atoms with Crippen molar-refractivity contribution in [3.05, 3.63) is 59.7 Å². The highest BCUT2D eigenvalue weighted by Crippen LogP contribution is 2.27. The minimum absolute atomic E-state index is 0.102. The smallest absolute Gasteiger partial charge is 0.257 e. The third-order valence-corrected chi connectivity index (χ3v) is 3.34. The summed E-state index contributed by atoms with van der Waals surface area (Å²) in [6.45, 7) is 2.74.